The van der Waals surface area contributed by atoms with Crippen molar-refractivity contribution >= 4 is 34.8 Å². The molecular formula is C16H11Cl2FN4O. The smallest absolute Gasteiger partial charge is 0.295 e. The van der Waals surface area contributed by atoms with Crippen LogP contribution >= 0.6 is 23.2 Å². The maximum Gasteiger partial charge on any atom is 0.295 e. The van der Waals surface area contributed by atoms with Crippen LogP contribution in [-0.4, -0.2) is 20.7 Å². The molecule has 3 rings (SSSR count). The van der Waals surface area contributed by atoms with Crippen LogP contribution in [0.15, 0.2) is 42.5 Å². The summed E-state index contributed by atoms with van der Waals surface area (Å²) in [7, 11) is 0. The highest BCUT2D eigenvalue weighted by Crippen LogP contribution is 2.24. The number of aromatic nitrogens is 3. The first-order valence-electron chi connectivity index (χ1n) is 6.90. The topological polar surface area (TPSA) is 59.8 Å². The summed E-state index contributed by atoms with van der Waals surface area (Å²) in [5, 5.41) is 7.69. The normalized spacial score (nSPS) is 10.7. The second-order valence-corrected chi connectivity index (χ2v) is 5.79. The predicted octanol–water partition coefficient (Wildman–Crippen LogP) is 4.27. The van der Waals surface area contributed by atoms with Gasteiger partial charge in [-0.15, -0.1) is 5.10 Å². The summed E-state index contributed by atoms with van der Waals surface area (Å²) >= 11 is 12.1. The maximum absolute atomic E-state index is 12.9. The van der Waals surface area contributed by atoms with Gasteiger partial charge in [-0.05, 0) is 49.4 Å². The van der Waals surface area contributed by atoms with Gasteiger partial charge in [0.15, 0.2) is 0 Å². The number of rotatable bonds is 3. The van der Waals surface area contributed by atoms with Crippen LogP contribution in [-0.2, 0) is 0 Å². The number of amides is 1. The molecule has 5 nitrogen and oxygen atoms in total. The lowest BCUT2D eigenvalue weighted by Gasteiger charge is -2.05. The molecule has 3 aromatic rings. The monoisotopic (exact) mass is 364 g/mol. The molecule has 0 aliphatic rings. The van der Waals surface area contributed by atoms with E-state index in [1.54, 1.807) is 25.1 Å². The van der Waals surface area contributed by atoms with Gasteiger partial charge in [0, 0.05) is 10.7 Å². The van der Waals surface area contributed by atoms with Crippen LogP contribution in [0, 0.1) is 12.7 Å². The second kappa shape index (κ2) is 6.59. The van der Waals surface area contributed by atoms with Gasteiger partial charge < -0.3 is 5.32 Å². The highest BCUT2D eigenvalue weighted by atomic mass is 35.5. The third kappa shape index (κ3) is 3.39. The molecule has 0 fully saturated rings. The van der Waals surface area contributed by atoms with Crippen molar-refractivity contribution in [3.05, 3.63) is 70.0 Å². The van der Waals surface area contributed by atoms with Crippen molar-refractivity contribution in [1.29, 1.82) is 0 Å². The molecule has 1 amide bonds. The molecule has 0 atom stereocenters. The SMILES string of the molecule is Cc1nc(C(=O)Nc2ccc(F)cc2)nn1-c1cc(Cl)ccc1Cl. The number of nitrogens with zero attached hydrogens (tertiary/aromatic N) is 3. The minimum Gasteiger partial charge on any atom is -0.319 e. The lowest BCUT2D eigenvalue weighted by atomic mass is 10.3. The number of aryl methyl sites for hydroxylation is 1. The number of nitrogens with one attached hydrogen (secondary N) is 1. The fourth-order valence-electron chi connectivity index (χ4n) is 2.08. The Morgan fingerprint density at radius 1 is 1.17 bits per heavy atom. The lowest BCUT2D eigenvalue weighted by molar-refractivity contribution is 0.101. The van der Waals surface area contributed by atoms with Crippen molar-refractivity contribution in [3.63, 3.8) is 0 Å². The average molecular weight is 365 g/mol. The molecule has 122 valence electrons. The van der Waals surface area contributed by atoms with Gasteiger partial charge in [-0.1, -0.05) is 23.2 Å². The largest absolute Gasteiger partial charge is 0.319 e. The van der Waals surface area contributed by atoms with Gasteiger partial charge in [0.2, 0.25) is 5.82 Å². The number of carbonyl (C=O) groups excluding carboxylic acids is 1. The highest BCUT2D eigenvalue weighted by Gasteiger charge is 2.17. The van der Waals surface area contributed by atoms with E-state index in [2.05, 4.69) is 15.4 Å². The predicted molar refractivity (Wildman–Crippen MR) is 90.5 cm³/mol. The molecule has 0 bridgehead atoms. The summed E-state index contributed by atoms with van der Waals surface area (Å²) in [5.74, 6) is -0.459. The summed E-state index contributed by atoms with van der Waals surface area (Å²) in [6.45, 7) is 1.69. The molecule has 0 saturated heterocycles. The lowest BCUT2D eigenvalue weighted by Crippen LogP contribution is -2.14. The van der Waals surface area contributed by atoms with Crippen molar-refractivity contribution in [2.75, 3.05) is 5.32 Å². The van der Waals surface area contributed by atoms with E-state index in [1.165, 1.54) is 28.9 Å². The molecule has 24 heavy (non-hydrogen) atoms. The van der Waals surface area contributed by atoms with Gasteiger partial charge in [0.25, 0.3) is 5.91 Å². The Labute approximate surface area is 147 Å². The Morgan fingerprint density at radius 2 is 1.88 bits per heavy atom. The Hall–Kier alpha value is -2.44. The molecule has 0 unspecified atom stereocenters. The van der Waals surface area contributed by atoms with E-state index in [9.17, 15) is 9.18 Å². The van der Waals surface area contributed by atoms with Crippen molar-refractivity contribution in [2.24, 2.45) is 0 Å². The molecule has 0 aliphatic heterocycles. The number of anilines is 1. The molecule has 2 aromatic carbocycles. The summed E-state index contributed by atoms with van der Waals surface area (Å²) in [6.07, 6.45) is 0. The van der Waals surface area contributed by atoms with Crippen LogP contribution in [0.2, 0.25) is 10.0 Å². The van der Waals surface area contributed by atoms with Crippen LogP contribution < -0.4 is 5.32 Å². The first-order chi connectivity index (χ1) is 11.4. The maximum atomic E-state index is 12.9. The minimum atomic E-state index is -0.512. The Morgan fingerprint density at radius 3 is 2.58 bits per heavy atom. The highest BCUT2D eigenvalue weighted by molar-refractivity contribution is 6.34. The van der Waals surface area contributed by atoms with Crippen molar-refractivity contribution in [2.45, 2.75) is 6.92 Å². The van der Waals surface area contributed by atoms with Crippen LogP contribution in [0.1, 0.15) is 16.4 Å². The molecule has 1 heterocycles. The van der Waals surface area contributed by atoms with E-state index in [4.69, 9.17) is 23.2 Å². The molecule has 0 spiro atoms. The number of hydrogen-bond acceptors (Lipinski definition) is 3. The zero-order valence-corrected chi connectivity index (χ0v) is 13.9. The van der Waals surface area contributed by atoms with Crippen molar-refractivity contribution < 1.29 is 9.18 Å². The fraction of sp³-hybridized carbons (Fsp3) is 0.0625. The zero-order valence-electron chi connectivity index (χ0n) is 12.4. The van der Waals surface area contributed by atoms with Gasteiger partial charge in [-0.2, -0.15) is 0 Å². The van der Waals surface area contributed by atoms with Gasteiger partial charge >= 0.3 is 0 Å². The molecular weight excluding hydrogens is 354 g/mol. The number of benzene rings is 2. The Kier molecular flexibility index (Phi) is 4.51. The third-order valence-electron chi connectivity index (χ3n) is 3.21. The molecule has 8 heteroatoms. The Bertz CT molecular complexity index is 909. The van der Waals surface area contributed by atoms with Gasteiger partial charge in [0.05, 0.1) is 10.7 Å². The van der Waals surface area contributed by atoms with E-state index in [-0.39, 0.29) is 11.6 Å². The first kappa shape index (κ1) is 16.4. The number of hydrogen-bond donors (Lipinski definition) is 1. The van der Waals surface area contributed by atoms with Crippen LogP contribution in [0.25, 0.3) is 5.69 Å². The molecule has 1 N–H and O–H groups in total. The summed E-state index contributed by atoms with van der Waals surface area (Å²) < 4.78 is 14.3. The summed E-state index contributed by atoms with van der Waals surface area (Å²) in [4.78, 5) is 16.4. The van der Waals surface area contributed by atoms with E-state index in [1.807, 2.05) is 0 Å². The van der Waals surface area contributed by atoms with E-state index >= 15 is 0 Å². The number of carbonyl (C=O) groups is 1. The quantitative estimate of drug-likeness (QED) is 0.754. The standard InChI is InChI=1S/C16H11Cl2FN4O/c1-9-20-15(16(24)21-12-5-3-11(19)4-6-12)22-23(9)14-8-10(17)2-7-13(14)18/h2-8H,1H3,(H,21,24). The first-order valence-corrected chi connectivity index (χ1v) is 7.65. The molecule has 0 aliphatic carbocycles. The average Bonchev–Trinajstić information content (AvgIpc) is 2.94. The zero-order chi connectivity index (χ0) is 17.3. The van der Waals surface area contributed by atoms with Gasteiger partial charge in [-0.25, -0.2) is 14.1 Å². The van der Waals surface area contributed by atoms with E-state index < -0.39 is 5.91 Å². The molecule has 0 radical (unpaired) electrons. The molecule has 0 saturated carbocycles. The van der Waals surface area contributed by atoms with Crippen LogP contribution in [0.5, 0.6) is 0 Å². The Balaban J connectivity index is 1.89. The molecule has 1 aromatic heterocycles. The second-order valence-electron chi connectivity index (χ2n) is 4.95. The van der Waals surface area contributed by atoms with Crippen LogP contribution in [0.3, 0.4) is 0 Å². The van der Waals surface area contributed by atoms with E-state index in [0.29, 0.717) is 27.2 Å². The van der Waals surface area contributed by atoms with Crippen LogP contribution in [0.4, 0.5) is 10.1 Å². The van der Waals surface area contributed by atoms with E-state index in [0.717, 1.165) is 0 Å². The summed E-state index contributed by atoms with van der Waals surface area (Å²) in [6, 6.07) is 10.3. The van der Waals surface area contributed by atoms with Gasteiger partial charge in [-0.3, -0.25) is 4.79 Å². The van der Waals surface area contributed by atoms with Gasteiger partial charge in [0.1, 0.15) is 11.6 Å². The fourth-order valence-corrected chi connectivity index (χ4v) is 2.45. The minimum absolute atomic E-state index is 0.0344. The van der Waals surface area contributed by atoms with Crippen molar-refractivity contribution in [1.82, 2.24) is 14.8 Å². The number of halogens is 3. The third-order valence-corrected chi connectivity index (χ3v) is 3.77. The summed E-state index contributed by atoms with van der Waals surface area (Å²) in [5.41, 5.74) is 0.964. The van der Waals surface area contributed by atoms with Crippen molar-refractivity contribution in [3.8, 4) is 5.69 Å².